The van der Waals surface area contributed by atoms with E-state index in [1.54, 1.807) is 86.9 Å². The zero-order valence-electron chi connectivity index (χ0n) is 16.9. The lowest BCUT2D eigenvalue weighted by Crippen LogP contribution is -2.27. The molecule has 0 aromatic heterocycles. The molecule has 0 saturated carbocycles. The molecule has 2 amide bonds. The van der Waals surface area contributed by atoms with E-state index in [1.165, 1.54) is 9.80 Å². The Bertz CT molecular complexity index is 928. The maximum Gasteiger partial charge on any atom is 0.258 e. The van der Waals surface area contributed by atoms with Gasteiger partial charge in [0.1, 0.15) is 0 Å². The molecule has 0 atom stereocenters. The maximum atomic E-state index is 12.8. The van der Waals surface area contributed by atoms with Crippen LogP contribution in [0.3, 0.4) is 0 Å². The van der Waals surface area contributed by atoms with Gasteiger partial charge in [0.05, 0.1) is 13.2 Å². The second-order valence-corrected chi connectivity index (χ2v) is 6.95. The summed E-state index contributed by atoms with van der Waals surface area (Å²) < 4.78 is 0. The van der Waals surface area contributed by atoms with Crippen molar-refractivity contribution < 1.29 is 19.8 Å². The topological polar surface area (TPSA) is 81.1 Å². The minimum atomic E-state index is -0.196. The van der Waals surface area contributed by atoms with E-state index in [0.717, 1.165) is 11.1 Å². The molecule has 0 saturated heterocycles. The first-order valence-corrected chi connectivity index (χ1v) is 9.50. The minimum Gasteiger partial charge on any atom is -0.392 e. The fourth-order valence-electron chi connectivity index (χ4n) is 3.03. The normalized spacial score (nSPS) is 10.5. The summed E-state index contributed by atoms with van der Waals surface area (Å²) in [5, 5.41) is 18.3. The Labute approximate surface area is 175 Å². The molecule has 3 aromatic carbocycles. The summed E-state index contributed by atoms with van der Waals surface area (Å²) >= 11 is 0. The van der Waals surface area contributed by atoms with Gasteiger partial charge in [0, 0.05) is 36.6 Å². The molecule has 0 unspecified atom stereocenters. The van der Waals surface area contributed by atoms with E-state index in [1.807, 2.05) is 0 Å². The Morgan fingerprint density at radius 1 is 0.600 bits per heavy atom. The van der Waals surface area contributed by atoms with Crippen molar-refractivity contribution >= 4 is 23.2 Å². The number of aliphatic hydroxyl groups is 2. The average molecular weight is 404 g/mol. The highest BCUT2D eigenvalue weighted by molar-refractivity contribution is 6.08. The second-order valence-electron chi connectivity index (χ2n) is 6.95. The zero-order valence-corrected chi connectivity index (χ0v) is 16.9. The monoisotopic (exact) mass is 404 g/mol. The van der Waals surface area contributed by atoms with Crippen molar-refractivity contribution in [3.05, 3.63) is 95.1 Å². The summed E-state index contributed by atoms with van der Waals surface area (Å²) in [6.45, 7) is -0.0963. The summed E-state index contributed by atoms with van der Waals surface area (Å²) in [7, 11) is 3.36. The molecule has 0 fully saturated rings. The van der Waals surface area contributed by atoms with E-state index < -0.39 is 0 Å². The Morgan fingerprint density at radius 3 is 1.17 bits per heavy atom. The lowest BCUT2D eigenvalue weighted by atomic mass is 10.1. The molecule has 0 aliphatic rings. The number of aliphatic hydroxyl groups excluding tert-OH is 2. The van der Waals surface area contributed by atoms with Gasteiger partial charge in [-0.1, -0.05) is 24.3 Å². The molecule has 3 aromatic rings. The number of amides is 2. The van der Waals surface area contributed by atoms with Gasteiger partial charge in [0.25, 0.3) is 11.8 Å². The highest BCUT2D eigenvalue weighted by atomic mass is 16.3. The number of rotatable bonds is 6. The van der Waals surface area contributed by atoms with Crippen molar-refractivity contribution in [1.82, 2.24) is 0 Å². The van der Waals surface area contributed by atoms with Crippen LogP contribution in [0, 0.1) is 0 Å². The highest BCUT2D eigenvalue weighted by Gasteiger charge is 2.17. The minimum absolute atomic E-state index is 0.0482. The lowest BCUT2D eigenvalue weighted by Gasteiger charge is -2.19. The molecule has 6 heteroatoms. The highest BCUT2D eigenvalue weighted by Crippen LogP contribution is 2.19. The molecule has 0 radical (unpaired) electrons. The zero-order chi connectivity index (χ0) is 21.7. The van der Waals surface area contributed by atoms with Crippen LogP contribution in [0.15, 0.2) is 72.8 Å². The van der Waals surface area contributed by atoms with E-state index in [2.05, 4.69) is 0 Å². The van der Waals surface area contributed by atoms with E-state index >= 15 is 0 Å². The van der Waals surface area contributed by atoms with Crippen LogP contribution in [-0.4, -0.2) is 36.1 Å². The standard InChI is InChI=1S/C24H24N2O4/c1-25(21-11-3-17(15-27)4-12-21)23(29)19-7-9-20(10-8-19)24(30)26(2)22-13-5-18(16-28)6-14-22/h3-14,27-28H,15-16H2,1-2H3. The van der Waals surface area contributed by atoms with Crippen LogP contribution in [0.25, 0.3) is 0 Å². The molecule has 154 valence electrons. The second kappa shape index (κ2) is 9.35. The van der Waals surface area contributed by atoms with Crippen molar-refractivity contribution in [1.29, 1.82) is 0 Å². The molecule has 0 aliphatic carbocycles. The smallest absolute Gasteiger partial charge is 0.258 e. The van der Waals surface area contributed by atoms with Crippen LogP contribution in [0.1, 0.15) is 31.8 Å². The number of benzene rings is 3. The van der Waals surface area contributed by atoms with Crippen LogP contribution in [0.2, 0.25) is 0 Å². The molecular weight excluding hydrogens is 380 g/mol. The molecule has 6 nitrogen and oxygen atoms in total. The van der Waals surface area contributed by atoms with Crippen LogP contribution in [-0.2, 0) is 13.2 Å². The van der Waals surface area contributed by atoms with E-state index in [0.29, 0.717) is 22.5 Å². The van der Waals surface area contributed by atoms with Gasteiger partial charge in [-0.3, -0.25) is 9.59 Å². The predicted molar refractivity (Wildman–Crippen MR) is 117 cm³/mol. The molecule has 0 heterocycles. The van der Waals surface area contributed by atoms with E-state index in [-0.39, 0.29) is 25.0 Å². The van der Waals surface area contributed by atoms with Crippen molar-refractivity contribution in [3.8, 4) is 0 Å². The summed E-state index contributed by atoms with van der Waals surface area (Å²) in [6.07, 6.45) is 0. The SMILES string of the molecule is CN(C(=O)c1ccc(C(=O)N(C)c2ccc(CO)cc2)cc1)c1ccc(CO)cc1. The van der Waals surface area contributed by atoms with Crippen molar-refractivity contribution in [2.45, 2.75) is 13.2 Å². The number of nitrogens with zero attached hydrogens (tertiary/aromatic N) is 2. The lowest BCUT2D eigenvalue weighted by molar-refractivity contribution is 0.0981. The third-order valence-corrected chi connectivity index (χ3v) is 5.00. The van der Waals surface area contributed by atoms with Crippen LogP contribution in [0.4, 0.5) is 11.4 Å². The Morgan fingerprint density at radius 2 is 0.900 bits per heavy atom. The fourth-order valence-corrected chi connectivity index (χ4v) is 3.03. The van der Waals surface area contributed by atoms with Crippen molar-refractivity contribution in [2.24, 2.45) is 0 Å². The van der Waals surface area contributed by atoms with Gasteiger partial charge in [-0.15, -0.1) is 0 Å². The summed E-state index contributed by atoms with van der Waals surface area (Å²) in [5.41, 5.74) is 3.91. The quantitative estimate of drug-likeness (QED) is 0.661. The van der Waals surface area contributed by atoms with Crippen LogP contribution in [0.5, 0.6) is 0 Å². The summed E-state index contributed by atoms with van der Waals surface area (Å²) in [6, 6.07) is 20.7. The molecule has 0 bridgehead atoms. The predicted octanol–water partition coefficient (Wildman–Crippen LogP) is 3.22. The third kappa shape index (κ3) is 4.56. The fraction of sp³-hybridized carbons (Fsp3) is 0.167. The van der Waals surface area contributed by atoms with Gasteiger partial charge in [0.2, 0.25) is 0 Å². The molecule has 2 N–H and O–H groups in total. The van der Waals surface area contributed by atoms with Crippen LogP contribution < -0.4 is 9.80 Å². The van der Waals surface area contributed by atoms with Gasteiger partial charge in [0.15, 0.2) is 0 Å². The van der Waals surface area contributed by atoms with Crippen LogP contribution >= 0.6 is 0 Å². The van der Waals surface area contributed by atoms with Crippen molar-refractivity contribution in [2.75, 3.05) is 23.9 Å². The first kappa shape index (κ1) is 21.2. The van der Waals surface area contributed by atoms with Gasteiger partial charge in [-0.05, 0) is 59.7 Å². The largest absolute Gasteiger partial charge is 0.392 e. The van der Waals surface area contributed by atoms with E-state index in [9.17, 15) is 9.59 Å². The van der Waals surface area contributed by atoms with Gasteiger partial charge in [-0.2, -0.15) is 0 Å². The first-order valence-electron chi connectivity index (χ1n) is 9.50. The number of carbonyl (C=O) groups excluding carboxylic acids is 2. The summed E-state index contributed by atoms with van der Waals surface area (Å²) in [5.74, 6) is -0.391. The molecule has 0 aliphatic heterocycles. The number of hydrogen-bond acceptors (Lipinski definition) is 4. The number of anilines is 2. The molecule has 3 rings (SSSR count). The number of hydrogen-bond donors (Lipinski definition) is 2. The average Bonchev–Trinajstić information content (AvgIpc) is 2.82. The molecule has 0 spiro atoms. The van der Waals surface area contributed by atoms with Crippen molar-refractivity contribution in [3.63, 3.8) is 0 Å². The van der Waals surface area contributed by atoms with E-state index in [4.69, 9.17) is 10.2 Å². The number of carbonyl (C=O) groups is 2. The Balaban J connectivity index is 1.72. The van der Waals surface area contributed by atoms with Gasteiger partial charge < -0.3 is 20.0 Å². The Hall–Kier alpha value is -3.48. The Kier molecular flexibility index (Phi) is 6.61. The van der Waals surface area contributed by atoms with Gasteiger partial charge >= 0.3 is 0 Å². The third-order valence-electron chi connectivity index (χ3n) is 5.00. The summed E-state index contributed by atoms with van der Waals surface area (Å²) in [4.78, 5) is 28.6. The molecular formula is C24H24N2O4. The molecule has 30 heavy (non-hydrogen) atoms. The maximum absolute atomic E-state index is 12.8. The van der Waals surface area contributed by atoms with Gasteiger partial charge in [-0.25, -0.2) is 0 Å². The first-order chi connectivity index (χ1) is 14.4.